The molecule has 1 fully saturated rings. The molecule has 0 spiro atoms. The number of nitrogens with zero attached hydrogens (tertiary/aromatic N) is 6. The zero-order valence-corrected chi connectivity index (χ0v) is 16.5. The van der Waals surface area contributed by atoms with Gasteiger partial charge < -0.3 is 9.64 Å². The van der Waals surface area contributed by atoms with Crippen LogP contribution < -0.4 is 9.64 Å². The van der Waals surface area contributed by atoms with Crippen LogP contribution in [0.5, 0.6) is 5.75 Å². The monoisotopic (exact) mass is 418 g/mol. The molecule has 0 aliphatic carbocycles. The van der Waals surface area contributed by atoms with Crippen LogP contribution in [0.25, 0.3) is 5.82 Å². The second kappa shape index (κ2) is 7.76. The van der Waals surface area contributed by atoms with Crippen molar-refractivity contribution >= 4 is 15.8 Å². The van der Waals surface area contributed by atoms with E-state index in [1.807, 2.05) is 17.0 Å². The van der Waals surface area contributed by atoms with Gasteiger partial charge in [0.2, 0.25) is 10.0 Å². The average Bonchev–Trinajstić information content (AvgIpc) is 3.29. The Balaban J connectivity index is 1.44. The lowest BCUT2D eigenvalue weighted by molar-refractivity contribution is 0.379. The van der Waals surface area contributed by atoms with E-state index in [1.165, 1.54) is 23.5 Å². The van der Waals surface area contributed by atoms with Crippen molar-refractivity contribution in [3.05, 3.63) is 54.9 Å². The molecular weight excluding hydrogens is 399 g/mol. The molecule has 152 valence electrons. The van der Waals surface area contributed by atoms with E-state index in [1.54, 1.807) is 23.3 Å². The lowest BCUT2D eigenvalue weighted by Crippen LogP contribution is -2.49. The summed E-state index contributed by atoms with van der Waals surface area (Å²) in [6.45, 7) is 1.44. The number of anilines is 1. The van der Waals surface area contributed by atoms with Gasteiger partial charge in [-0.2, -0.15) is 4.31 Å². The Kier molecular flexibility index (Phi) is 5.16. The van der Waals surface area contributed by atoms with Crippen molar-refractivity contribution in [2.24, 2.45) is 0 Å². The fraction of sp³-hybridized carbons (Fsp3) is 0.278. The molecule has 0 unspecified atom stereocenters. The van der Waals surface area contributed by atoms with Crippen molar-refractivity contribution in [2.75, 3.05) is 38.2 Å². The van der Waals surface area contributed by atoms with Gasteiger partial charge in [-0.3, -0.25) is 4.57 Å². The van der Waals surface area contributed by atoms with Gasteiger partial charge in [-0.05, 0) is 30.3 Å². The smallest absolute Gasteiger partial charge is 0.243 e. The Labute approximate surface area is 167 Å². The summed E-state index contributed by atoms with van der Waals surface area (Å²) in [6.07, 6.45) is 5.06. The number of imidazole rings is 1. The molecular formula is C18H19FN6O3S. The largest absolute Gasteiger partial charge is 0.494 e. The number of ether oxygens (including phenoxy) is 1. The Bertz CT molecular complexity index is 1080. The molecule has 11 heteroatoms. The first-order chi connectivity index (χ1) is 14.0. The number of hydrogen-bond donors (Lipinski definition) is 0. The molecule has 4 rings (SSSR count). The van der Waals surface area contributed by atoms with E-state index in [2.05, 4.69) is 15.2 Å². The van der Waals surface area contributed by atoms with E-state index < -0.39 is 15.8 Å². The summed E-state index contributed by atoms with van der Waals surface area (Å²) >= 11 is 0. The predicted octanol–water partition coefficient (Wildman–Crippen LogP) is 1.32. The van der Waals surface area contributed by atoms with Crippen molar-refractivity contribution in [3.63, 3.8) is 0 Å². The highest BCUT2D eigenvalue weighted by Crippen LogP contribution is 2.24. The second-order valence-corrected chi connectivity index (χ2v) is 8.35. The van der Waals surface area contributed by atoms with Crippen LogP contribution in [0.15, 0.2) is 53.9 Å². The third kappa shape index (κ3) is 3.78. The Morgan fingerprint density at radius 2 is 1.76 bits per heavy atom. The van der Waals surface area contributed by atoms with Crippen molar-refractivity contribution < 1.29 is 17.5 Å². The summed E-state index contributed by atoms with van der Waals surface area (Å²) in [5.41, 5.74) is 0. The van der Waals surface area contributed by atoms with Crippen molar-refractivity contribution in [2.45, 2.75) is 4.90 Å². The summed E-state index contributed by atoms with van der Waals surface area (Å²) in [4.78, 5) is 5.85. The molecule has 1 aliphatic rings. The number of aromatic nitrogens is 4. The summed E-state index contributed by atoms with van der Waals surface area (Å²) in [7, 11) is -2.46. The first kappa shape index (κ1) is 19.3. The van der Waals surface area contributed by atoms with Gasteiger partial charge >= 0.3 is 0 Å². The highest BCUT2D eigenvalue weighted by atomic mass is 32.2. The quantitative estimate of drug-likeness (QED) is 0.617. The summed E-state index contributed by atoms with van der Waals surface area (Å²) in [5.74, 6) is 0.613. The minimum absolute atomic E-state index is 0.00600. The fourth-order valence-electron chi connectivity index (χ4n) is 3.13. The van der Waals surface area contributed by atoms with Crippen LogP contribution in [-0.2, 0) is 10.0 Å². The first-order valence-electron chi connectivity index (χ1n) is 8.90. The maximum atomic E-state index is 13.9. The van der Waals surface area contributed by atoms with Gasteiger partial charge in [-0.25, -0.2) is 17.8 Å². The lowest BCUT2D eigenvalue weighted by Gasteiger charge is -2.34. The molecule has 0 N–H and O–H groups in total. The minimum atomic E-state index is -3.79. The van der Waals surface area contributed by atoms with Crippen LogP contribution >= 0.6 is 0 Å². The van der Waals surface area contributed by atoms with Crippen LogP contribution in [-0.4, -0.2) is 65.8 Å². The molecule has 0 radical (unpaired) electrons. The number of sulfonamides is 1. The lowest BCUT2D eigenvalue weighted by atomic mass is 10.3. The Morgan fingerprint density at radius 3 is 2.34 bits per heavy atom. The maximum Gasteiger partial charge on any atom is 0.243 e. The number of methoxy groups -OCH3 is 1. The van der Waals surface area contributed by atoms with Gasteiger partial charge in [0.15, 0.2) is 23.2 Å². The first-order valence-corrected chi connectivity index (χ1v) is 10.3. The standard InChI is InChI=1S/C18H19FN6O3S/c1-28-16-3-2-14(12-15(16)19)29(26,27)25-10-8-23(9-11-25)17-4-5-18(22-21-17)24-7-6-20-13-24/h2-7,12-13H,8-11H2,1H3. The molecule has 29 heavy (non-hydrogen) atoms. The molecule has 2 aromatic heterocycles. The third-order valence-electron chi connectivity index (χ3n) is 4.73. The van der Waals surface area contributed by atoms with Gasteiger partial charge in [0.1, 0.15) is 6.33 Å². The van der Waals surface area contributed by atoms with Gasteiger partial charge in [0.25, 0.3) is 0 Å². The molecule has 3 heterocycles. The molecule has 0 saturated carbocycles. The second-order valence-electron chi connectivity index (χ2n) is 6.41. The van der Waals surface area contributed by atoms with Crippen LogP contribution in [0.1, 0.15) is 0 Å². The predicted molar refractivity (Wildman–Crippen MR) is 103 cm³/mol. The zero-order valence-electron chi connectivity index (χ0n) is 15.6. The van der Waals surface area contributed by atoms with E-state index in [4.69, 9.17) is 4.74 Å². The molecule has 0 atom stereocenters. The fourth-order valence-corrected chi connectivity index (χ4v) is 4.57. The van der Waals surface area contributed by atoms with Crippen molar-refractivity contribution in [1.29, 1.82) is 0 Å². The minimum Gasteiger partial charge on any atom is -0.494 e. The molecule has 1 aromatic carbocycles. The number of piperazine rings is 1. The number of halogens is 1. The normalized spacial score (nSPS) is 15.4. The van der Waals surface area contributed by atoms with Gasteiger partial charge in [-0.15, -0.1) is 10.2 Å². The van der Waals surface area contributed by atoms with Gasteiger partial charge in [-0.1, -0.05) is 0 Å². The van der Waals surface area contributed by atoms with Crippen molar-refractivity contribution in [3.8, 4) is 11.6 Å². The molecule has 1 aliphatic heterocycles. The van der Waals surface area contributed by atoms with Gasteiger partial charge in [0, 0.05) is 38.6 Å². The van der Waals surface area contributed by atoms with E-state index >= 15 is 0 Å². The highest BCUT2D eigenvalue weighted by molar-refractivity contribution is 7.89. The van der Waals surface area contributed by atoms with E-state index in [0.29, 0.717) is 24.7 Å². The summed E-state index contributed by atoms with van der Waals surface area (Å²) < 4.78 is 47.5. The zero-order chi connectivity index (χ0) is 20.4. The topological polar surface area (TPSA) is 93.5 Å². The molecule has 0 bridgehead atoms. The Morgan fingerprint density at radius 1 is 1.03 bits per heavy atom. The maximum absolute atomic E-state index is 13.9. The SMILES string of the molecule is COc1ccc(S(=O)(=O)N2CCN(c3ccc(-n4ccnc4)nn3)CC2)cc1F. The number of rotatable bonds is 5. The number of hydrogen-bond acceptors (Lipinski definition) is 7. The van der Waals surface area contributed by atoms with E-state index in [9.17, 15) is 12.8 Å². The van der Waals surface area contributed by atoms with Crippen LogP contribution in [0.4, 0.5) is 10.2 Å². The van der Waals surface area contributed by atoms with E-state index in [-0.39, 0.29) is 23.7 Å². The average molecular weight is 418 g/mol. The summed E-state index contributed by atoms with van der Waals surface area (Å²) in [6, 6.07) is 7.32. The Hall–Kier alpha value is -3.05. The summed E-state index contributed by atoms with van der Waals surface area (Å²) in [5, 5.41) is 8.41. The van der Waals surface area contributed by atoms with Crippen LogP contribution in [0.2, 0.25) is 0 Å². The van der Waals surface area contributed by atoms with Crippen LogP contribution in [0.3, 0.4) is 0 Å². The molecule has 1 saturated heterocycles. The molecule has 9 nitrogen and oxygen atoms in total. The van der Waals surface area contributed by atoms with Crippen molar-refractivity contribution in [1.82, 2.24) is 24.1 Å². The van der Waals surface area contributed by atoms with E-state index in [0.717, 1.165) is 6.07 Å². The van der Waals surface area contributed by atoms with Crippen LogP contribution in [0, 0.1) is 5.82 Å². The highest BCUT2D eigenvalue weighted by Gasteiger charge is 2.29. The van der Waals surface area contributed by atoms with Gasteiger partial charge in [0.05, 0.1) is 12.0 Å². The molecule has 0 amide bonds. The third-order valence-corrected chi connectivity index (χ3v) is 6.62. The number of benzene rings is 1. The molecule has 3 aromatic rings.